The fraction of sp³-hybridized carbons (Fsp3) is 0.381. The number of benzene rings is 2. The van der Waals surface area contributed by atoms with Gasteiger partial charge in [-0.2, -0.15) is 4.31 Å². The van der Waals surface area contributed by atoms with E-state index in [1.54, 1.807) is 36.9 Å². The average Bonchev–Trinajstić information content (AvgIpc) is 2.74. The highest BCUT2D eigenvalue weighted by atomic mass is 35.5. The van der Waals surface area contributed by atoms with Crippen LogP contribution in [0.5, 0.6) is 5.75 Å². The van der Waals surface area contributed by atoms with Crippen molar-refractivity contribution < 1.29 is 18.3 Å². The van der Waals surface area contributed by atoms with Crippen molar-refractivity contribution in [1.29, 1.82) is 0 Å². The number of hydrogen-bond donors (Lipinski definition) is 1. The van der Waals surface area contributed by atoms with Gasteiger partial charge in [-0.15, -0.1) is 0 Å². The van der Waals surface area contributed by atoms with Crippen molar-refractivity contribution in [1.82, 2.24) is 9.21 Å². The first kappa shape index (κ1) is 22.4. The number of hydrogen-bond acceptors (Lipinski definition) is 5. The Labute approximate surface area is 182 Å². The van der Waals surface area contributed by atoms with Crippen LogP contribution in [-0.2, 0) is 10.0 Å². The van der Waals surface area contributed by atoms with Crippen molar-refractivity contribution in [2.75, 3.05) is 44.2 Å². The molecule has 0 atom stereocenters. The number of carbonyl (C=O) groups is 1. The normalized spacial score (nSPS) is 14.9. The predicted octanol–water partition coefficient (Wildman–Crippen LogP) is 3.04. The van der Waals surface area contributed by atoms with Crippen molar-refractivity contribution >= 4 is 33.2 Å². The number of phenolic OH excluding ortho intramolecular Hbond substituents is 1. The molecule has 9 heteroatoms. The number of phenols is 1. The fourth-order valence-electron chi connectivity index (χ4n) is 3.60. The number of halogens is 1. The number of amides is 1. The van der Waals surface area contributed by atoms with Gasteiger partial charge >= 0.3 is 0 Å². The summed E-state index contributed by atoms with van der Waals surface area (Å²) in [6.45, 7) is 6.23. The third kappa shape index (κ3) is 4.40. The van der Waals surface area contributed by atoms with Gasteiger partial charge in [0.05, 0.1) is 10.7 Å². The molecule has 0 aliphatic carbocycles. The van der Waals surface area contributed by atoms with Crippen LogP contribution in [0.1, 0.15) is 24.2 Å². The number of aromatic hydroxyl groups is 1. The van der Waals surface area contributed by atoms with Crippen molar-refractivity contribution in [2.24, 2.45) is 0 Å². The summed E-state index contributed by atoms with van der Waals surface area (Å²) in [6.07, 6.45) is 0. The van der Waals surface area contributed by atoms with E-state index in [1.165, 1.54) is 16.4 Å². The highest BCUT2D eigenvalue weighted by Gasteiger charge is 2.28. The molecule has 162 valence electrons. The van der Waals surface area contributed by atoms with E-state index in [1.807, 2.05) is 17.0 Å². The van der Waals surface area contributed by atoms with E-state index in [0.29, 0.717) is 44.8 Å². The van der Waals surface area contributed by atoms with Crippen molar-refractivity contribution in [2.45, 2.75) is 18.7 Å². The van der Waals surface area contributed by atoms with Gasteiger partial charge in [0.2, 0.25) is 10.0 Å². The smallest absolute Gasteiger partial charge is 0.254 e. The lowest BCUT2D eigenvalue weighted by Gasteiger charge is -2.36. The van der Waals surface area contributed by atoms with Crippen LogP contribution < -0.4 is 4.90 Å². The maximum atomic E-state index is 13.0. The van der Waals surface area contributed by atoms with E-state index in [0.717, 1.165) is 5.69 Å². The minimum absolute atomic E-state index is 0.0495. The Balaban J connectivity index is 1.78. The molecule has 30 heavy (non-hydrogen) atoms. The zero-order valence-electron chi connectivity index (χ0n) is 17.1. The number of rotatable bonds is 6. The van der Waals surface area contributed by atoms with Gasteiger partial charge in [0, 0.05) is 44.8 Å². The maximum Gasteiger partial charge on any atom is 0.254 e. The summed E-state index contributed by atoms with van der Waals surface area (Å²) < 4.78 is 27.1. The number of anilines is 1. The van der Waals surface area contributed by atoms with Gasteiger partial charge in [-0.05, 0) is 30.3 Å². The van der Waals surface area contributed by atoms with E-state index in [4.69, 9.17) is 11.6 Å². The SMILES string of the molecule is CCN(CC)S(=O)(=O)c1cc(C(=O)N2CCN(c3ccccc3O)CC2)ccc1Cl. The second-order valence-corrected chi connectivity index (χ2v) is 9.32. The summed E-state index contributed by atoms with van der Waals surface area (Å²) in [5.74, 6) is -0.0270. The van der Waals surface area contributed by atoms with Crippen LogP contribution in [0.15, 0.2) is 47.4 Å². The van der Waals surface area contributed by atoms with E-state index in [-0.39, 0.29) is 21.6 Å². The predicted molar refractivity (Wildman–Crippen MR) is 118 cm³/mol. The molecular formula is C21H26ClN3O4S. The van der Waals surface area contributed by atoms with Gasteiger partial charge in [0.25, 0.3) is 5.91 Å². The molecule has 0 radical (unpaired) electrons. The third-order valence-electron chi connectivity index (χ3n) is 5.29. The molecule has 0 aromatic heterocycles. The first-order chi connectivity index (χ1) is 14.3. The molecule has 2 aromatic carbocycles. The molecule has 1 saturated heterocycles. The summed E-state index contributed by atoms with van der Waals surface area (Å²) >= 11 is 6.17. The lowest BCUT2D eigenvalue weighted by Crippen LogP contribution is -2.48. The topological polar surface area (TPSA) is 81.2 Å². The second-order valence-electron chi connectivity index (χ2n) is 7.00. The molecule has 0 bridgehead atoms. The molecular weight excluding hydrogens is 426 g/mol. The Kier molecular flexibility index (Phi) is 6.90. The molecule has 1 aliphatic rings. The molecule has 1 N–H and O–H groups in total. The Morgan fingerprint density at radius 3 is 2.30 bits per heavy atom. The van der Waals surface area contributed by atoms with Crippen LogP contribution in [0.25, 0.3) is 0 Å². The van der Waals surface area contributed by atoms with Crippen LogP contribution in [0.2, 0.25) is 5.02 Å². The van der Waals surface area contributed by atoms with Crippen LogP contribution >= 0.6 is 11.6 Å². The molecule has 2 aromatic rings. The Morgan fingerprint density at radius 2 is 1.70 bits per heavy atom. The number of nitrogens with zero attached hydrogens (tertiary/aromatic N) is 3. The number of sulfonamides is 1. The number of piperazine rings is 1. The quantitative estimate of drug-likeness (QED) is 0.730. The fourth-order valence-corrected chi connectivity index (χ4v) is 5.56. The van der Waals surface area contributed by atoms with Gasteiger partial charge < -0.3 is 14.9 Å². The van der Waals surface area contributed by atoms with Gasteiger partial charge in [-0.3, -0.25) is 4.79 Å². The first-order valence-electron chi connectivity index (χ1n) is 9.91. The van der Waals surface area contributed by atoms with E-state index in [2.05, 4.69) is 0 Å². The van der Waals surface area contributed by atoms with Crippen LogP contribution in [0.4, 0.5) is 5.69 Å². The zero-order chi connectivity index (χ0) is 21.9. The third-order valence-corrected chi connectivity index (χ3v) is 7.82. The molecule has 1 aliphatic heterocycles. The summed E-state index contributed by atoms with van der Waals surface area (Å²) in [7, 11) is -3.77. The largest absolute Gasteiger partial charge is 0.506 e. The second kappa shape index (κ2) is 9.24. The number of para-hydroxylation sites is 2. The van der Waals surface area contributed by atoms with Crippen molar-refractivity contribution in [3.63, 3.8) is 0 Å². The maximum absolute atomic E-state index is 13.0. The van der Waals surface area contributed by atoms with Crippen molar-refractivity contribution in [3.05, 3.63) is 53.1 Å². The zero-order valence-corrected chi connectivity index (χ0v) is 18.7. The summed E-state index contributed by atoms with van der Waals surface area (Å²) in [6, 6.07) is 11.5. The minimum atomic E-state index is -3.77. The molecule has 0 unspecified atom stereocenters. The number of carbonyl (C=O) groups excluding carboxylic acids is 1. The van der Waals surface area contributed by atoms with E-state index >= 15 is 0 Å². The van der Waals surface area contributed by atoms with E-state index in [9.17, 15) is 18.3 Å². The highest BCUT2D eigenvalue weighted by Crippen LogP contribution is 2.29. The molecule has 7 nitrogen and oxygen atoms in total. The molecule has 0 spiro atoms. The Bertz CT molecular complexity index is 1020. The van der Waals surface area contributed by atoms with Gasteiger partial charge in [-0.25, -0.2) is 8.42 Å². The van der Waals surface area contributed by atoms with E-state index < -0.39 is 10.0 Å². The lowest BCUT2D eigenvalue weighted by atomic mass is 10.1. The molecule has 3 rings (SSSR count). The monoisotopic (exact) mass is 451 g/mol. The summed E-state index contributed by atoms with van der Waals surface area (Å²) in [4.78, 5) is 16.7. The Morgan fingerprint density at radius 1 is 1.07 bits per heavy atom. The minimum Gasteiger partial charge on any atom is -0.506 e. The van der Waals surface area contributed by atoms with Gasteiger partial charge in [0.1, 0.15) is 10.6 Å². The van der Waals surface area contributed by atoms with Gasteiger partial charge in [0.15, 0.2) is 0 Å². The standard InChI is InChI=1S/C21H26ClN3O4S/c1-3-25(4-2)30(28,29)20-15-16(9-10-17(20)22)21(27)24-13-11-23(12-14-24)18-7-5-6-8-19(18)26/h5-10,15,26H,3-4,11-14H2,1-2H3. The molecule has 1 amide bonds. The average molecular weight is 452 g/mol. The molecule has 0 saturated carbocycles. The van der Waals surface area contributed by atoms with Crippen molar-refractivity contribution in [3.8, 4) is 5.75 Å². The summed E-state index contributed by atoms with van der Waals surface area (Å²) in [5, 5.41) is 10.1. The summed E-state index contributed by atoms with van der Waals surface area (Å²) in [5.41, 5.74) is 1.03. The molecule has 1 fully saturated rings. The first-order valence-corrected chi connectivity index (χ1v) is 11.7. The van der Waals surface area contributed by atoms with Crippen LogP contribution in [0.3, 0.4) is 0 Å². The lowest BCUT2D eigenvalue weighted by molar-refractivity contribution is 0.0746. The Hall–Kier alpha value is -2.29. The van der Waals surface area contributed by atoms with Gasteiger partial charge in [-0.1, -0.05) is 37.6 Å². The van der Waals surface area contributed by atoms with Crippen LogP contribution in [-0.4, -0.2) is 67.9 Å². The molecule has 1 heterocycles. The highest BCUT2D eigenvalue weighted by molar-refractivity contribution is 7.89. The van der Waals surface area contributed by atoms with Crippen LogP contribution in [0, 0.1) is 0 Å².